The topological polar surface area (TPSA) is 44.6 Å². The molecule has 2 aliphatic rings. The van der Waals surface area contributed by atoms with Crippen molar-refractivity contribution in [1.29, 1.82) is 0 Å². The Morgan fingerprint density at radius 2 is 1.80 bits per heavy atom. The van der Waals surface area contributed by atoms with Crippen LogP contribution in [0.5, 0.6) is 0 Å². The van der Waals surface area contributed by atoms with Gasteiger partial charge in [-0.3, -0.25) is 14.4 Å². The van der Waals surface area contributed by atoms with Gasteiger partial charge in [-0.05, 0) is 49.1 Å². The molecule has 4 rings (SSSR count). The maximum Gasteiger partial charge on any atom is 0.272 e. The number of aromatic nitrogens is 2. The number of carbonyl (C=O) groups excluding carboxylic acids is 1. The molecule has 7 heteroatoms. The Kier molecular flexibility index (Phi) is 6.09. The van der Waals surface area contributed by atoms with E-state index in [1.165, 1.54) is 12.1 Å². The van der Waals surface area contributed by atoms with E-state index in [0.717, 1.165) is 63.5 Å². The molecule has 0 aliphatic carbocycles. The summed E-state index contributed by atoms with van der Waals surface area (Å²) < 4.78 is 14.9. The van der Waals surface area contributed by atoms with Crippen molar-refractivity contribution >= 4 is 11.6 Å². The van der Waals surface area contributed by atoms with Crippen LogP contribution in [0.1, 0.15) is 48.8 Å². The van der Waals surface area contributed by atoms with Gasteiger partial charge in [0.25, 0.3) is 5.91 Å². The number of piperazine rings is 1. The van der Waals surface area contributed by atoms with Crippen LogP contribution in [0.4, 0.5) is 10.1 Å². The number of nitrogens with zero attached hydrogens (tertiary/aromatic N) is 5. The molecular weight excluding hydrogens is 381 g/mol. The molecule has 1 atom stereocenters. The molecule has 0 N–H and O–H groups in total. The summed E-state index contributed by atoms with van der Waals surface area (Å²) in [5.41, 5.74) is 2.72. The molecule has 1 amide bonds. The van der Waals surface area contributed by atoms with E-state index in [0.29, 0.717) is 17.7 Å². The van der Waals surface area contributed by atoms with Gasteiger partial charge in [-0.25, -0.2) is 4.39 Å². The van der Waals surface area contributed by atoms with Crippen molar-refractivity contribution < 1.29 is 9.18 Å². The van der Waals surface area contributed by atoms with Gasteiger partial charge in [-0.15, -0.1) is 0 Å². The first-order valence-corrected chi connectivity index (χ1v) is 11.0. The van der Waals surface area contributed by atoms with Crippen LogP contribution < -0.4 is 4.90 Å². The average Bonchev–Trinajstić information content (AvgIpc) is 3.16. The molecule has 6 nitrogen and oxygen atoms in total. The predicted octanol–water partition coefficient (Wildman–Crippen LogP) is 3.11. The zero-order chi connectivity index (χ0) is 21.3. The van der Waals surface area contributed by atoms with Gasteiger partial charge < -0.3 is 9.80 Å². The molecule has 0 radical (unpaired) electrons. The maximum absolute atomic E-state index is 13.2. The first-order chi connectivity index (χ1) is 14.4. The summed E-state index contributed by atoms with van der Waals surface area (Å²) in [6.07, 6.45) is 2.16. The summed E-state index contributed by atoms with van der Waals surface area (Å²) in [4.78, 5) is 20.0. The molecule has 0 saturated carbocycles. The fraction of sp³-hybridized carbons (Fsp3) is 0.565. The number of benzene rings is 1. The highest BCUT2D eigenvalue weighted by Crippen LogP contribution is 2.23. The summed E-state index contributed by atoms with van der Waals surface area (Å²) in [5.74, 6) is 0.203. The number of aryl methyl sites for hydroxylation is 1. The van der Waals surface area contributed by atoms with E-state index in [1.54, 1.807) is 4.68 Å². The van der Waals surface area contributed by atoms with Crippen LogP contribution in [0, 0.1) is 5.82 Å². The van der Waals surface area contributed by atoms with E-state index < -0.39 is 0 Å². The molecule has 2 aromatic rings. The minimum atomic E-state index is -0.196. The molecule has 162 valence electrons. The average molecular weight is 414 g/mol. The van der Waals surface area contributed by atoms with E-state index in [9.17, 15) is 9.18 Å². The van der Waals surface area contributed by atoms with Crippen LogP contribution in [-0.4, -0.2) is 70.8 Å². The van der Waals surface area contributed by atoms with E-state index in [-0.39, 0.29) is 11.7 Å². The lowest BCUT2D eigenvalue weighted by molar-refractivity contribution is 0.0553. The smallest absolute Gasteiger partial charge is 0.272 e. The predicted molar refractivity (Wildman–Crippen MR) is 116 cm³/mol. The van der Waals surface area contributed by atoms with Crippen molar-refractivity contribution in [3.63, 3.8) is 0 Å². The summed E-state index contributed by atoms with van der Waals surface area (Å²) in [5, 5.41) is 4.51. The van der Waals surface area contributed by atoms with Crippen molar-refractivity contribution in [3.05, 3.63) is 47.5 Å². The number of rotatable bonds is 4. The Hall–Kier alpha value is -2.41. The Labute approximate surface area is 178 Å². The van der Waals surface area contributed by atoms with Gasteiger partial charge in [0.05, 0.1) is 5.69 Å². The minimum Gasteiger partial charge on any atom is -0.369 e. The summed E-state index contributed by atoms with van der Waals surface area (Å²) in [6, 6.07) is 9.09. The first kappa shape index (κ1) is 20.8. The highest BCUT2D eigenvalue weighted by Gasteiger charge is 2.31. The third kappa shape index (κ3) is 4.36. The molecule has 0 unspecified atom stereocenters. The second kappa shape index (κ2) is 8.76. The highest BCUT2D eigenvalue weighted by atomic mass is 19.1. The van der Waals surface area contributed by atoms with Gasteiger partial charge in [0.2, 0.25) is 0 Å². The summed E-state index contributed by atoms with van der Waals surface area (Å²) >= 11 is 0. The SMILES string of the molecule is CC(C)c1cc(C(=O)N2CCC[C@H](N3CCN(c4ccc(F)cc4)CC3)C2)n(C)n1. The fourth-order valence-corrected chi connectivity index (χ4v) is 4.57. The van der Waals surface area contributed by atoms with Gasteiger partial charge >= 0.3 is 0 Å². The Balaban J connectivity index is 1.36. The monoisotopic (exact) mass is 413 g/mol. The van der Waals surface area contributed by atoms with Crippen molar-refractivity contribution in [1.82, 2.24) is 19.6 Å². The van der Waals surface area contributed by atoms with E-state index in [2.05, 4.69) is 28.7 Å². The lowest BCUT2D eigenvalue weighted by Crippen LogP contribution is -2.56. The van der Waals surface area contributed by atoms with Gasteiger partial charge in [0.1, 0.15) is 11.5 Å². The quantitative estimate of drug-likeness (QED) is 0.773. The summed E-state index contributed by atoms with van der Waals surface area (Å²) in [7, 11) is 1.86. The molecule has 1 aromatic carbocycles. The Morgan fingerprint density at radius 3 is 2.43 bits per heavy atom. The molecule has 2 fully saturated rings. The van der Waals surface area contributed by atoms with Crippen molar-refractivity contribution in [2.24, 2.45) is 7.05 Å². The second-order valence-corrected chi connectivity index (χ2v) is 8.78. The van der Waals surface area contributed by atoms with E-state index in [1.807, 2.05) is 30.1 Å². The number of hydrogen-bond donors (Lipinski definition) is 0. The van der Waals surface area contributed by atoms with Crippen LogP contribution >= 0.6 is 0 Å². The molecule has 2 aliphatic heterocycles. The van der Waals surface area contributed by atoms with Gasteiger partial charge in [-0.2, -0.15) is 5.10 Å². The zero-order valence-corrected chi connectivity index (χ0v) is 18.2. The molecular formula is C23H32FN5O. The number of piperidine rings is 1. The van der Waals surface area contributed by atoms with Crippen LogP contribution in [0.15, 0.2) is 30.3 Å². The lowest BCUT2D eigenvalue weighted by atomic mass is 10.0. The number of amides is 1. The first-order valence-electron chi connectivity index (χ1n) is 11.0. The Bertz CT molecular complexity index is 870. The largest absolute Gasteiger partial charge is 0.369 e. The second-order valence-electron chi connectivity index (χ2n) is 8.78. The number of halogens is 1. The van der Waals surface area contributed by atoms with Crippen LogP contribution in [0.25, 0.3) is 0 Å². The number of anilines is 1. The fourth-order valence-electron chi connectivity index (χ4n) is 4.57. The third-order valence-corrected chi connectivity index (χ3v) is 6.42. The normalized spacial score (nSPS) is 20.8. The van der Waals surface area contributed by atoms with E-state index in [4.69, 9.17) is 0 Å². The maximum atomic E-state index is 13.2. The molecule has 0 spiro atoms. The third-order valence-electron chi connectivity index (χ3n) is 6.42. The highest BCUT2D eigenvalue weighted by molar-refractivity contribution is 5.92. The van der Waals surface area contributed by atoms with Crippen LogP contribution in [-0.2, 0) is 7.05 Å². The van der Waals surface area contributed by atoms with Crippen LogP contribution in [0.3, 0.4) is 0 Å². The summed E-state index contributed by atoms with van der Waals surface area (Å²) in [6.45, 7) is 9.56. The van der Waals surface area contributed by atoms with Gasteiger partial charge in [0, 0.05) is 58.0 Å². The number of hydrogen-bond acceptors (Lipinski definition) is 4. The van der Waals surface area contributed by atoms with Crippen LogP contribution in [0.2, 0.25) is 0 Å². The van der Waals surface area contributed by atoms with Crippen molar-refractivity contribution in [2.45, 2.75) is 38.6 Å². The number of carbonyl (C=O) groups is 1. The Morgan fingerprint density at radius 1 is 1.10 bits per heavy atom. The van der Waals surface area contributed by atoms with Crippen molar-refractivity contribution in [3.8, 4) is 0 Å². The molecule has 0 bridgehead atoms. The molecule has 2 saturated heterocycles. The van der Waals surface area contributed by atoms with Crippen molar-refractivity contribution in [2.75, 3.05) is 44.2 Å². The van der Waals surface area contributed by atoms with E-state index >= 15 is 0 Å². The van der Waals surface area contributed by atoms with Gasteiger partial charge in [-0.1, -0.05) is 13.8 Å². The standard InChI is InChI=1S/C23H32FN5O/c1-17(2)21-15-22(26(3)25-21)23(30)29-10-4-5-20(16-29)28-13-11-27(12-14-28)19-8-6-18(24)7-9-19/h6-9,15,17,20H,4-5,10-14,16H2,1-3H3/t20-/m0/s1. The molecule has 30 heavy (non-hydrogen) atoms. The minimum absolute atomic E-state index is 0.0894. The molecule has 3 heterocycles. The molecule has 1 aromatic heterocycles. The number of likely N-dealkylation sites (tertiary alicyclic amines) is 1. The van der Waals surface area contributed by atoms with Gasteiger partial charge in [0.15, 0.2) is 0 Å². The lowest BCUT2D eigenvalue weighted by Gasteiger charge is -2.44. The zero-order valence-electron chi connectivity index (χ0n) is 18.2.